The minimum Gasteiger partial charge on any atom is -0.493 e. The molecule has 4 heteroatoms. The van der Waals surface area contributed by atoms with Crippen LogP contribution in [0.25, 0.3) is 0 Å². The monoisotopic (exact) mass is 338 g/mol. The SMILES string of the molecule is CC(C)(C#N)CCCCOc1ccc(Br)cc1CCN. The van der Waals surface area contributed by atoms with Crippen LogP contribution in [0.15, 0.2) is 22.7 Å². The molecule has 0 aromatic heterocycles. The number of halogens is 1. The predicted molar refractivity (Wildman–Crippen MR) is 85.6 cm³/mol. The summed E-state index contributed by atoms with van der Waals surface area (Å²) in [4.78, 5) is 0. The van der Waals surface area contributed by atoms with Crippen molar-refractivity contribution in [2.75, 3.05) is 13.2 Å². The molecule has 0 amide bonds. The van der Waals surface area contributed by atoms with Crippen LogP contribution in [0.4, 0.5) is 0 Å². The van der Waals surface area contributed by atoms with Gasteiger partial charge in [-0.25, -0.2) is 0 Å². The molecule has 20 heavy (non-hydrogen) atoms. The zero-order valence-electron chi connectivity index (χ0n) is 12.3. The summed E-state index contributed by atoms with van der Waals surface area (Å²) in [6, 6.07) is 8.34. The van der Waals surface area contributed by atoms with Crippen molar-refractivity contribution in [3.63, 3.8) is 0 Å². The van der Waals surface area contributed by atoms with Crippen molar-refractivity contribution in [2.45, 2.75) is 39.5 Å². The lowest BCUT2D eigenvalue weighted by molar-refractivity contribution is 0.292. The van der Waals surface area contributed by atoms with E-state index < -0.39 is 0 Å². The highest BCUT2D eigenvalue weighted by Gasteiger charge is 2.15. The molecule has 0 unspecified atom stereocenters. The topological polar surface area (TPSA) is 59.0 Å². The lowest BCUT2D eigenvalue weighted by Crippen LogP contribution is -2.09. The summed E-state index contributed by atoms with van der Waals surface area (Å²) in [6.45, 7) is 5.24. The average Bonchev–Trinajstić information content (AvgIpc) is 2.41. The molecule has 0 heterocycles. The maximum absolute atomic E-state index is 8.95. The second-order valence-corrected chi connectivity index (χ2v) is 6.51. The first-order valence-corrected chi connectivity index (χ1v) is 7.80. The third-order valence-electron chi connectivity index (χ3n) is 3.19. The van der Waals surface area contributed by atoms with Gasteiger partial charge < -0.3 is 10.5 Å². The maximum atomic E-state index is 8.95. The summed E-state index contributed by atoms with van der Waals surface area (Å²) >= 11 is 3.46. The van der Waals surface area contributed by atoms with E-state index in [4.69, 9.17) is 15.7 Å². The highest BCUT2D eigenvalue weighted by Crippen LogP contribution is 2.25. The Morgan fingerprint density at radius 3 is 2.75 bits per heavy atom. The average molecular weight is 339 g/mol. The summed E-state index contributed by atoms with van der Waals surface area (Å²) in [5.41, 5.74) is 6.52. The zero-order chi connectivity index (χ0) is 15.0. The molecule has 2 N–H and O–H groups in total. The van der Waals surface area contributed by atoms with Gasteiger partial charge in [-0.05, 0) is 69.8 Å². The van der Waals surface area contributed by atoms with E-state index in [-0.39, 0.29) is 5.41 Å². The molecule has 1 aromatic rings. The molecule has 0 bridgehead atoms. The summed E-state index contributed by atoms with van der Waals surface area (Å²) in [5.74, 6) is 0.915. The zero-order valence-corrected chi connectivity index (χ0v) is 13.9. The molecule has 1 rings (SSSR count). The van der Waals surface area contributed by atoms with E-state index in [2.05, 4.69) is 28.1 Å². The van der Waals surface area contributed by atoms with Crippen molar-refractivity contribution >= 4 is 15.9 Å². The van der Waals surface area contributed by atoms with Crippen LogP contribution in [0.3, 0.4) is 0 Å². The molecular formula is C16H23BrN2O. The van der Waals surface area contributed by atoms with E-state index in [9.17, 15) is 0 Å². The Balaban J connectivity index is 2.41. The second kappa shape index (κ2) is 8.28. The van der Waals surface area contributed by atoms with Gasteiger partial charge in [0.15, 0.2) is 0 Å². The van der Waals surface area contributed by atoms with Crippen molar-refractivity contribution in [1.29, 1.82) is 5.26 Å². The van der Waals surface area contributed by atoms with Gasteiger partial charge in [0.1, 0.15) is 5.75 Å². The Hall–Kier alpha value is -1.05. The van der Waals surface area contributed by atoms with Crippen LogP contribution < -0.4 is 10.5 Å². The number of ether oxygens (including phenoxy) is 1. The number of rotatable bonds is 8. The van der Waals surface area contributed by atoms with Crippen molar-refractivity contribution in [3.05, 3.63) is 28.2 Å². The summed E-state index contributed by atoms with van der Waals surface area (Å²) < 4.78 is 6.88. The molecule has 0 saturated carbocycles. The number of hydrogen-bond donors (Lipinski definition) is 1. The molecular weight excluding hydrogens is 316 g/mol. The van der Waals surface area contributed by atoms with Gasteiger partial charge in [0, 0.05) is 4.47 Å². The molecule has 0 aliphatic rings. The summed E-state index contributed by atoms with van der Waals surface area (Å²) in [6.07, 6.45) is 3.69. The predicted octanol–water partition coefficient (Wildman–Crippen LogP) is 4.05. The molecule has 0 spiro atoms. The van der Waals surface area contributed by atoms with Gasteiger partial charge in [-0.15, -0.1) is 0 Å². The first kappa shape index (κ1) is 17.0. The van der Waals surface area contributed by atoms with Crippen LogP contribution in [0, 0.1) is 16.7 Å². The molecule has 0 saturated heterocycles. The number of benzene rings is 1. The van der Waals surface area contributed by atoms with Crippen LogP contribution in [0.2, 0.25) is 0 Å². The summed E-state index contributed by atoms with van der Waals surface area (Å²) in [7, 11) is 0. The van der Waals surface area contributed by atoms with Crippen LogP contribution >= 0.6 is 15.9 Å². The van der Waals surface area contributed by atoms with Crippen molar-refractivity contribution in [3.8, 4) is 11.8 Å². The molecule has 1 aromatic carbocycles. The van der Waals surface area contributed by atoms with E-state index in [1.807, 2.05) is 26.0 Å². The van der Waals surface area contributed by atoms with Gasteiger partial charge in [0.2, 0.25) is 0 Å². The number of nitrogens with zero attached hydrogens (tertiary/aromatic N) is 1. The fraction of sp³-hybridized carbons (Fsp3) is 0.562. The van der Waals surface area contributed by atoms with Gasteiger partial charge in [-0.1, -0.05) is 15.9 Å². The quantitative estimate of drug-likeness (QED) is 0.727. The Labute approximate surface area is 130 Å². The molecule has 110 valence electrons. The van der Waals surface area contributed by atoms with Crippen LogP contribution in [-0.4, -0.2) is 13.2 Å². The maximum Gasteiger partial charge on any atom is 0.122 e. The molecule has 0 aliphatic heterocycles. The molecule has 0 fully saturated rings. The standard InChI is InChI=1S/C16H23BrN2O/c1-16(2,12-19)8-3-4-10-20-15-6-5-14(17)11-13(15)7-9-18/h5-6,11H,3-4,7-10,18H2,1-2H3. The van der Waals surface area contributed by atoms with Crippen LogP contribution in [-0.2, 0) is 6.42 Å². The van der Waals surface area contributed by atoms with E-state index in [0.29, 0.717) is 13.2 Å². The van der Waals surface area contributed by atoms with E-state index in [1.54, 1.807) is 0 Å². The van der Waals surface area contributed by atoms with Crippen LogP contribution in [0.1, 0.15) is 38.7 Å². The van der Waals surface area contributed by atoms with E-state index in [1.165, 1.54) is 0 Å². The molecule has 0 radical (unpaired) electrons. The number of unbranched alkanes of at least 4 members (excludes halogenated alkanes) is 1. The minimum absolute atomic E-state index is 0.234. The van der Waals surface area contributed by atoms with Gasteiger partial charge in [-0.2, -0.15) is 5.26 Å². The Morgan fingerprint density at radius 1 is 1.35 bits per heavy atom. The third kappa shape index (κ3) is 5.94. The molecule has 0 atom stereocenters. The van der Waals surface area contributed by atoms with Gasteiger partial charge >= 0.3 is 0 Å². The Morgan fingerprint density at radius 2 is 2.10 bits per heavy atom. The first-order valence-electron chi connectivity index (χ1n) is 7.01. The molecule has 3 nitrogen and oxygen atoms in total. The highest BCUT2D eigenvalue weighted by atomic mass is 79.9. The lowest BCUT2D eigenvalue weighted by Gasteiger charge is -2.15. The highest BCUT2D eigenvalue weighted by molar-refractivity contribution is 9.10. The largest absolute Gasteiger partial charge is 0.493 e. The summed E-state index contributed by atoms with van der Waals surface area (Å²) in [5, 5.41) is 8.95. The fourth-order valence-electron chi connectivity index (χ4n) is 1.95. The van der Waals surface area contributed by atoms with Crippen molar-refractivity contribution in [1.82, 2.24) is 0 Å². The third-order valence-corrected chi connectivity index (χ3v) is 3.69. The smallest absolute Gasteiger partial charge is 0.122 e. The lowest BCUT2D eigenvalue weighted by atomic mass is 9.89. The Kier molecular flexibility index (Phi) is 7.04. The van der Waals surface area contributed by atoms with Gasteiger partial charge in [-0.3, -0.25) is 0 Å². The number of nitriles is 1. The van der Waals surface area contributed by atoms with Crippen molar-refractivity contribution in [2.24, 2.45) is 11.1 Å². The normalized spacial score (nSPS) is 11.2. The van der Waals surface area contributed by atoms with Crippen molar-refractivity contribution < 1.29 is 4.74 Å². The minimum atomic E-state index is -0.234. The van der Waals surface area contributed by atoms with Gasteiger partial charge in [0.05, 0.1) is 18.1 Å². The number of hydrogen-bond acceptors (Lipinski definition) is 3. The van der Waals surface area contributed by atoms with E-state index in [0.717, 1.165) is 41.5 Å². The van der Waals surface area contributed by atoms with Crippen LogP contribution in [0.5, 0.6) is 5.75 Å². The molecule has 0 aliphatic carbocycles. The number of nitrogens with two attached hydrogens (primary N) is 1. The first-order chi connectivity index (χ1) is 9.48. The second-order valence-electron chi connectivity index (χ2n) is 5.59. The Bertz CT molecular complexity index is 466. The van der Waals surface area contributed by atoms with E-state index >= 15 is 0 Å². The van der Waals surface area contributed by atoms with Gasteiger partial charge in [0.25, 0.3) is 0 Å². The fourth-order valence-corrected chi connectivity index (χ4v) is 2.36.